The molecule has 95 heavy (non-hydrogen) atoms. The fourth-order valence-corrected chi connectivity index (χ4v) is 18.5. The predicted molar refractivity (Wildman–Crippen MR) is 393 cm³/mol. The zero-order valence-corrected chi connectivity index (χ0v) is 61.4. The molecule has 10 rings (SSSR count). The minimum Gasteiger partial charge on any atom is -0.457 e. The minimum absolute atomic E-state index is 0.0141. The molecule has 522 valence electrons. The van der Waals surface area contributed by atoms with Crippen LogP contribution in [0.4, 0.5) is 0 Å². The average Bonchev–Trinajstić information content (AvgIpc) is 0.725. The molecule has 0 saturated heterocycles. The fourth-order valence-electron chi connectivity index (χ4n) is 16.8. The second-order valence-electron chi connectivity index (χ2n) is 29.3. The van der Waals surface area contributed by atoms with E-state index >= 15 is 4.57 Å². The molecule has 0 saturated carbocycles. The van der Waals surface area contributed by atoms with Crippen molar-refractivity contribution < 1.29 is 42.0 Å². The van der Waals surface area contributed by atoms with Crippen molar-refractivity contribution in [3.05, 3.63) is 121 Å². The van der Waals surface area contributed by atoms with Crippen molar-refractivity contribution in [1.29, 1.82) is 0 Å². The number of unbranched alkanes of at least 4 members (excludes halogenated alkanes) is 32. The molecule has 1 aliphatic carbocycles. The molecule has 0 fully saturated rings. The van der Waals surface area contributed by atoms with Crippen molar-refractivity contribution in [1.82, 2.24) is 0 Å². The van der Waals surface area contributed by atoms with E-state index in [1.165, 1.54) is 208 Å². The largest absolute Gasteiger partial charge is 0.462 e. The molecular formula is C85H123O9P. The molecule has 0 amide bonds. The normalized spacial score (nSPS) is 18.7. The predicted octanol–water partition coefficient (Wildman–Crippen LogP) is 25.9. The molecule has 0 N–H and O–H groups in total. The number of rotatable bonds is 41. The van der Waals surface area contributed by atoms with Gasteiger partial charge in [-0.15, -0.1) is 0 Å². The van der Waals surface area contributed by atoms with Crippen LogP contribution in [-0.4, -0.2) is 20.4 Å². The van der Waals surface area contributed by atoms with Gasteiger partial charge in [-0.25, -0.2) is 4.57 Å². The van der Waals surface area contributed by atoms with E-state index in [0.717, 1.165) is 150 Å². The van der Waals surface area contributed by atoms with Crippen LogP contribution in [0.5, 0.6) is 46.0 Å². The lowest BCUT2D eigenvalue weighted by Gasteiger charge is -2.38. The maximum Gasteiger partial charge on any atom is 0.462 e. The van der Waals surface area contributed by atoms with Gasteiger partial charge in [0.05, 0.1) is 5.30 Å². The topological polar surface area (TPSA) is 90.9 Å². The molecule has 0 aromatic heterocycles. The first-order valence-electron chi connectivity index (χ1n) is 39.1. The monoisotopic (exact) mass is 1320 g/mol. The van der Waals surface area contributed by atoms with Crippen molar-refractivity contribution in [3.63, 3.8) is 0 Å². The Morgan fingerprint density at radius 3 is 0.716 bits per heavy atom. The van der Waals surface area contributed by atoms with E-state index in [2.05, 4.69) is 79.7 Å². The van der Waals surface area contributed by atoms with Crippen LogP contribution in [0.25, 0.3) is 0 Å². The summed E-state index contributed by atoms with van der Waals surface area (Å²) in [6, 6.07) is 19.6. The molecule has 0 spiro atoms. The summed E-state index contributed by atoms with van der Waals surface area (Å²) in [6.07, 6.45) is 48.4. The zero-order valence-electron chi connectivity index (χ0n) is 60.5. The Balaban J connectivity index is 1.21. The number of benzene rings is 5. The van der Waals surface area contributed by atoms with Crippen molar-refractivity contribution in [3.8, 4) is 46.0 Å². The van der Waals surface area contributed by atoms with E-state index in [1.807, 2.05) is 30.3 Å². The molecule has 5 aromatic carbocycles. The number of hydrogen-bond donors (Lipinski definition) is 0. The average molecular weight is 1320 g/mol. The van der Waals surface area contributed by atoms with E-state index in [0.29, 0.717) is 16.8 Å². The lowest BCUT2D eigenvalue weighted by molar-refractivity contribution is 0.1000. The van der Waals surface area contributed by atoms with Gasteiger partial charge in [-0.1, -0.05) is 277 Å². The Morgan fingerprint density at radius 2 is 0.484 bits per heavy atom. The van der Waals surface area contributed by atoms with Gasteiger partial charge in [0.15, 0.2) is 0 Å². The highest BCUT2D eigenvalue weighted by Crippen LogP contribution is 2.62. The third-order valence-electron chi connectivity index (χ3n) is 22.2. The lowest BCUT2D eigenvalue weighted by atomic mass is 9.74. The minimum atomic E-state index is -4.21. The fraction of sp³-hybridized carbons (Fsp3) is 0.647. The van der Waals surface area contributed by atoms with Gasteiger partial charge in [0.1, 0.15) is 46.0 Å². The lowest BCUT2D eigenvalue weighted by Crippen LogP contribution is -2.25. The van der Waals surface area contributed by atoms with Crippen molar-refractivity contribution in [2.75, 3.05) is 20.4 Å². The summed E-state index contributed by atoms with van der Waals surface area (Å²) >= 11 is 0. The molecule has 3 unspecified atom stereocenters. The third kappa shape index (κ3) is 18.0. The summed E-state index contributed by atoms with van der Waals surface area (Å²) < 4.78 is 73.9. The molecule has 8 bridgehead atoms. The molecular weight excluding hydrogens is 1200 g/mol. The molecule has 4 heterocycles. The van der Waals surface area contributed by atoms with Crippen molar-refractivity contribution in [2.45, 2.75) is 336 Å². The van der Waals surface area contributed by atoms with Gasteiger partial charge in [0, 0.05) is 90.4 Å². The Bertz CT molecular complexity index is 3090. The van der Waals surface area contributed by atoms with E-state index in [-0.39, 0.29) is 44.1 Å². The van der Waals surface area contributed by atoms with Crippen LogP contribution < -0.4 is 42.8 Å². The summed E-state index contributed by atoms with van der Waals surface area (Å²) in [5, 5.41) is 0.497. The van der Waals surface area contributed by atoms with Crippen LogP contribution >= 0.6 is 7.60 Å². The first-order chi connectivity index (χ1) is 46.6. The quantitative estimate of drug-likeness (QED) is 0.0280. The van der Waals surface area contributed by atoms with Crippen LogP contribution in [0, 0.1) is 27.7 Å². The van der Waals surface area contributed by atoms with Gasteiger partial charge >= 0.3 is 7.60 Å². The Hall–Kier alpha value is -5.27. The molecule has 5 aliphatic rings. The zero-order chi connectivity index (χ0) is 66.4. The first kappa shape index (κ1) is 72.5. The van der Waals surface area contributed by atoms with Crippen molar-refractivity contribution in [2.24, 2.45) is 0 Å². The molecule has 5 aromatic rings. The van der Waals surface area contributed by atoms with Crippen LogP contribution in [0.2, 0.25) is 0 Å². The summed E-state index contributed by atoms with van der Waals surface area (Å²) in [7, 11) is -4.21. The van der Waals surface area contributed by atoms with Gasteiger partial charge in [-0.2, -0.15) is 0 Å². The van der Waals surface area contributed by atoms with Gasteiger partial charge in [-0.3, -0.25) is 0 Å². The highest BCUT2D eigenvalue weighted by Gasteiger charge is 2.44. The standard InChI is InChI=1S/C85H123O9P/c1-9-13-17-21-25-29-33-37-44-50-66-70-54-72-67(51-45-38-34-30-26-22-18-14-10-2)74-56-76-69(53-47-40-36-32-28-24-20-16-12-4)77-57-75-68(52-46-39-35-31-27-23-19-15-11-3)73-55-71(66)79-62(6)81(73)90-60-92-83(75)64(8)85(77)94-95(86,65-48-42-41-43-49-65)93-84(76)63(7)82(74)91-59-89-80(72)61(5)78(70)87-58-88-79/h41-43,48-49,54-57,66-69H,9-40,44-47,50-53,58-60H2,1-8H3/t66?,67-,68+,69?,95?. The van der Waals surface area contributed by atoms with Gasteiger partial charge in [0.25, 0.3) is 0 Å². The maximum absolute atomic E-state index is 16.6. The summed E-state index contributed by atoms with van der Waals surface area (Å²) in [4.78, 5) is 0. The molecule has 0 radical (unpaired) electrons. The van der Waals surface area contributed by atoms with Gasteiger partial charge in [0.2, 0.25) is 20.4 Å². The van der Waals surface area contributed by atoms with Crippen molar-refractivity contribution >= 4 is 12.9 Å². The van der Waals surface area contributed by atoms with Gasteiger partial charge in [-0.05, 0) is 89.8 Å². The van der Waals surface area contributed by atoms with E-state index in [9.17, 15) is 0 Å². The number of hydrogen-bond acceptors (Lipinski definition) is 9. The first-order valence-corrected chi connectivity index (χ1v) is 40.7. The Morgan fingerprint density at radius 1 is 0.284 bits per heavy atom. The second-order valence-corrected chi connectivity index (χ2v) is 31.1. The van der Waals surface area contributed by atoms with Gasteiger partial charge < -0.3 is 37.5 Å². The molecule has 9 nitrogen and oxygen atoms in total. The smallest absolute Gasteiger partial charge is 0.457 e. The molecule has 4 aliphatic heterocycles. The Kier molecular flexibility index (Phi) is 28.3. The maximum atomic E-state index is 16.6. The van der Waals surface area contributed by atoms with E-state index < -0.39 is 7.60 Å². The SMILES string of the molecule is CCCCCCCCCCCC1c2cc3c4c(C)c2OCOc2c1cc1c(c2C)OCOc2c(cc5c(c2C)OP(=O)(c2ccccc2)Oc2c(cc(c(c2C)OCO4)[C@@H]3CCCCCCCCCCC)C5CCCCCCCCCCC)[C@H]1CCCCCCCCCCC. The molecule has 5 atom stereocenters. The molecule has 10 heteroatoms. The van der Waals surface area contributed by atoms with Crippen LogP contribution in [0.15, 0.2) is 54.6 Å². The highest BCUT2D eigenvalue weighted by atomic mass is 31.2. The number of ether oxygens (including phenoxy) is 6. The summed E-state index contributed by atoms with van der Waals surface area (Å²) in [6.45, 7) is 17.9. The second kappa shape index (κ2) is 37.1. The van der Waals surface area contributed by atoms with E-state index in [1.54, 1.807) is 0 Å². The highest BCUT2D eigenvalue weighted by molar-refractivity contribution is 7.63. The summed E-state index contributed by atoms with van der Waals surface area (Å²) in [5.74, 6) is 5.64. The van der Waals surface area contributed by atoms with Crippen LogP contribution in [0.1, 0.15) is 375 Å². The Labute approximate surface area is 575 Å². The van der Waals surface area contributed by atoms with E-state index in [4.69, 9.17) is 37.5 Å². The summed E-state index contributed by atoms with van der Waals surface area (Å²) in [5.41, 5.74) is 12.9. The van der Waals surface area contributed by atoms with Crippen LogP contribution in [-0.2, 0) is 4.57 Å². The van der Waals surface area contributed by atoms with Crippen LogP contribution in [0.3, 0.4) is 0 Å². The third-order valence-corrected chi connectivity index (χ3v) is 23.9.